The lowest BCUT2D eigenvalue weighted by Crippen LogP contribution is -2.22. The lowest BCUT2D eigenvalue weighted by molar-refractivity contribution is 0.174. The Morgan fingerprint density at radius 2 is 2.18 bits per heavy atom. The minimum Gasteiger partial charge on any atom is -0.377 e. The maximum atomic E-state index is 5.26. The number of hydrogen-bond acceptors (Lipinski definition) is 5. The van der Waals surface area contributed by atoms with Gasteiger partial charge in [0.25, 0.3) is 0 Å². The van der Waals surface area contributed by atoms with E-state index in [0.29, 0.717) is 24.9 Å². The summed E-state index contributed by atoms with van der Waals surface area (Å²) >= 11 is 0. The van der Waals surface area contributed by atoms with E-state index in [0.717, 1.165) is 18.6 Å². The lowest BCUT2D eigenvalue weighted by atomic mass is 10.1. The largest absolute Gasteiger partial charge is 0.377 e. The molecule has 2 heterocycles. The molecular weight excluding hydrogens is 280 g/mol. The van der Waals surface area contributed by atoms with Crippen LogP contribution in [0.4, 0.5) is 0 Å². The molecule has 1 N–H and O–H groups in total. The van der Waals surface area contributed by atoms with Crippen molar-refractivity contribution in [1.82, 2.24) is 20.0 Å². The lowest BCUT2D eigenvalue weighted by Gasteiger charge is -2.18. The first-order valence-corrected chi connectivity index (χ1v) is 7.37. The number of hydrogen-bond donors (Lipinski definition) is 1. The minimum atomic E-state index is 0.375. The molecule has 3 aromatic rings. The number of aromatic nitrogens is 3. The fourth-order valence-corrected chi connectivity index (χ4v) is 2.47. The zero-order chi connectivity index (χ0) is 15.4. The van der Waals surface area contributed by atoms with E-state index in [4.69, 9.17) is 9.26 Å². The summed E-state index contributed by atoms with van der Waals surface area (Å²) in [5, 5.41) is 5.12. The number of rotatable bonds is 7. The molecule has 0 amide bonds. The maximum Gasteiger partial charge on any atom is 0.240 e. The molecule has 0 atom stereocenters. The van der Waals surface area contributed by atoms with Crippen molar-refractivity contribution in [2.75, 3.05) is 13.7 Å². The highest BCUT2D eigenvalue weighted by Gasteiger charge is 2.11. The second kappa shape index (κ2) is 6.72. The minimum absolute atomic E-state index is 0.375. The third kappa shape index (κ3) is 3.35. The summed E-state index contributed by atoms with van der Waals surface area (Å²) in [6.07, 6.45) is 1.96. The highest BCUT2D eigenvalue weighted by molar-refractivity contribution is 5.79. The van der Waals surface area contributed by atoms with Crippen LogP contribution in [0.15, 0.2) is 35.0 Å². The Morgan fingerprint density at radius 1 is 1.27 bits per heavy atom. The highest BCUT2D eigenvalue weighted by Crippen LogP contribution is 2.16. The van der Waals surface area contributed by atoms with E-state index in [1.54, 1.807) is 7.11 Å². The Hall–Kier alpha value is -2.18. The predicted molar refractivity (Wildman–Crippen MR) is 83.1 cm³/mol. The molecule has 3 rings (SSSR count). The van der Waals surface area contributed by atoms with Crippen LogP contribution in [0.3, 0.4) is 0 Å². The molecule has 0 radical (unpaired) electrons. The first-order chi connectivity index (χ1) is 10.8. The topological polar surface area (TPSA) is 67.2 Å². The first kappa shape index (κ1) is 14.7. The smallest absolute Gasteiger partial charge is 0.240 e. The van der Waals surface area contributed by atoms with Crippen LogP contribution < -0.4 is 0 Å². The van der Waals surface area contributed by atoms with Crippen LogP contribution in [0, 0.1) is 0 Å². The summed E-state index contributed by atoms with van der Waals surface area (Å²) < 4.78 is 10.3. The van der Waals surface area contributed by atoms with E-state index in [1.165, 1.54) is 10.9 Å². The molecule has 0 aliphatic rings. The number of nitrogens with zero attached hydrogens (tertiary/aromatic N) is 3. The van der Waals surface area contributed by atoms with Crippen molar-refractivity contribution in [3.63, 3.8) is 0 Å². The number of H-pyrrole nitrogens is 1. The van der Waals surface area contributed by atoms with Gasteiger partial charge in [0.15, 0.2) is 5.82 Å². The fraction of sp³-hybridized carbons (Fsp3) is 0.375. The molecule has 116 valence electrons. The molecule has 0 aliphatic heterocycles. The van der Waals surface area contributed by atoms with Gasteiger partial charge in [-0.25, -0.2) is 0 Å². The summed E-state index contributed by atoms with van der Waals surface area (Å²) in [6.45, 7) is 4.90. The Balaban J connectivity index is 1.67. The van der Waals surface area contributed by atoms with Crippen molar-refractivity contribution >= 4 is 10.9 Å². The Bertz CT molecular complexity index is 734. The van der Waals surface area contributed by atoms with Crippen molar-refractivity contribution in [2.45, 2.75) is 26.6 Å². The van der Waals surface area contributed by atoms with Gasteiger partial charge in [-0.1, -0.05) is 18.1 Å². The number of fused-ring (bicyclic) bond motifs is 1. The average Bonchev–Trinajstić information content (AvgIpc) is 3.15. The normalized spacial score (nSPS) is 11.6. The molecule has 1 aromatic carbocycles. The molecule has 2 aromatic heterocycles. The Labute approximate surface area is 129 Å². The van der Waals surface area contributed by atoms with Crippen molar-refractivity contribution in [3.05, 3.63) is 47.7 Å². The molecule has 0 saturated carbocycles. The zero-order valence-corrected chi connectivity index (χ0v) is 12.9. The average molecular weight is 300 g/mol. The van der Waals surface area contributed by atoms with E-state index in [-0.39, 0.29) is 0 Å². The summed E-state index contributed by atoms with van der Waals surface area (Å²) in [5.74, 6) is 1.21. The van der Waals surface area contributed by atoms with Gasteiger partial charge in [0.05, 0.1) is 6.54 Å². The third-order valence-corrected chi connectivity index (χ3v) is 3.61. The van der Waals surface area contributed by atoms with Gasteiger partial charge in [0.1, 0.15) is 6.61 Å². The quantitative estimate of drug-likeness (QED) is 0.726. The maximum absolute atomic E-state index is 5.26. The zero-order valence-electron chi connectivity index (χ0n) is 12.9. The number of methoxy groups -OCH3 is 1. The van der Waals surface area contributed by atoms with Gasteiger partial charge in [-0.2, -0.15) is 4.98 Å². The number of benzene rings is 1. The molecule has 6 nitrogen and oxygen atoms in total. The van der Waals surface area contributed by atoms with Gasteiger partial charge >= 0.3 is 0 Å². The molecule has 0 spiro atoms. The van der Waals surface area contributed by atoms with Crippen molar-refractivity contribution < 1.29 is 9.26 Å². The molecule has 0 saturated heterocycles. The summed E-state index contributed by atoms with van der Waals surface area (Å²) in [5.41, 5.74) is 2.43. The van der Waals surface area contributed by atoms with Crippen molar-refractivity contribution in [2.24, 2.45) is 0 Å². The summed E-state index contributed by atoms with van der Waals surface area (Å²) in [7, 11) is 1.62. The molecular formula is C16H20N4O2. The van der Waals surface area contributed by atoms with Crippen LogP contribution in [0.2, 0.25) is 0 Å². The van der Waals surface area contributed by atoms with Gasteiger partial charge in [-0.05, 0) is 35.7 Å². The van der Waals surface area contributed by atoms with E-state index in [9.17, 15) is 0 Å². The predicted octanol–water partition coefficient (Wildman–Crippen LogP) is 2.72. The van der Waals surface area contributed by atoms with Crippen LogP contribution in [0.25, 0.3) is 10.9 Å². The monoisotopic (exact) mass is 300 g/mol. The fourth-order valence-electron chi connectivity index (χ4n) is 2.47. The van der Waals surface area contributed by atoms with Crippen LogP contribution in [0.1, 0.15) is 24.2 Å². The standard InChI is InChI=1S/C16H20N4O2/c1-3-20(10-16-18-15(11-21-2)19-22-16)9-12-4-5-14-13(8-12)6-7-17-14/h4-8,17H,3,9-11H2,1-2H3. The second-order valence-corrected chi connectivity index (χ2v) is 5.24. The molecule has 0 bridgehead atoms. The van der Waals surface area contributed by atoms with Gasteiger partial charge < -0.3 is 14.2 Å². The van der Waals surface area contributed by atoms with E-state index in [1.807, 2.05) is 6.20 Å². The van der Waals surface area contributed by atoms with Gasteiger partial charge in [-0.15, -0.1) is 0 Å². The van der Waals surface area contributed by atoms with Crippen LogP contribution in [0.5, 0.6) is 0 Å². The van der Waals surface area contributed by atoms with Gasteiger partial charge in [0.2, 0.25) is 5.89 Å². The van der Waals surface area contributed by atoms with Crippen molar-refractivity contribution in [1.29, 1.82) is 0 Å². The van der Waals surface area contributed by atoms with Crippen LogP contribution >= 0.6 is 0 Å². The van der Waals surface area contributed by atoms with E-state index < -0.39 is 0 Å². The van der Waals surface area contributed by atoms with Gasteiger partial charge in [-0.3, -0.25) is 4.90 Å². The Morgan fingerprint density at radius 3 is 3.00 bits per heavy atom. The third-order valence-electron chi connectivity index (χ3n) is 3.61. The SMILES string of the molecule is CCN(Cc1ccc2[nH]ccc2c1)Cc1nc(COC)no1. The molecule has 0 unspecified atom stereocenters. The molecule has 0 aliphatic carbocycles. The molecule has 6 heteroatoms. The molecule has 0 fully saturated rings. The van der Waals surface area contributed by atoms with E-state index in [2.05, 4.69) is 51.2 Å². The van der Waals surface area contributed by atoms with Gasteiger partial charge in [0, 0.05) is 25.4 Å². The van der Waals surface area contributed by atoms with Crippen LogP contribution in [-0.2, 0) is 24.4 Å². The second-order valence-electron chi connectivity index (χ2n) is 5.24. The first-order valence-electron chi connectivity index (χ1n) is 7.37. The van der Waals surface area contributed by atoms with E-state index >= 15 is 0 Å². The number of nitrogens with one attached hydrogen (secondary N) is 1. The number of ether oxygens (including phenoxy) is 1. The molecule has 22 heavy (non-hydrogen) atoms. The van der Waals surface area contributed by atoms with Crippen molar-refractivity contribution in [3.8, 4) is 0 Å². The number of aromatic amines is 1. The van der Waals surface area contributed by atoms with Crippen LogP contribution in [-0.4, -0.2) is 33.7 Å². The summed E-state index contributed by atoms with van der Waals surface area (Å²) in [6, 6.07) is 8.55. The highest BCUT2D eigenvalue weighted by atomic mass is 16.5. The summed E-state index contributed by atoms with van der Waals surface area (Å²) in [4.78, 5) is 9.79. The Kier molecular flexibility index (Phi) is 4.50.